The van der Waals surface area contributed by atoms with Crippen molar-refractivity contribution in [2.75, 3.05) is 53.5 Å². The number of hydrogen-bond donors (Lipinski definition) is 1. The Bertz CT molecular complexity index is 141. The molecule has 0 aliphatic rings. The summed E-state index contributed by atoms with van der Waals surface area (Å²) < 4.78 is 4.89. The van der Waals surface area contributed by atoms with Crippen molar-refractivity contribution in [2.45, 2.75) is 20.0 Å². The molecule has 0 radical (unpaired) electrons. The Hall–Kier alpha value is -0.160. The second-order valence-electron chi connectivity index (χ2n) is 3.90. The first-order valence-electron chi connectivity index (χ1n) is 5.71. The summed E-state index contributed by atoms with van der Waals surface area (Å²) in [5, 5.41) is 9.52. The quantitative estimate of drug-likeness (QED) is 0.602. The van der Waals surface area contributed by atoms with E-state index in [1.54, 1.807) is 7.11 Å². The summed E-state index contributed by atoms with van der Waals surface area (Å²) in [5.41, 5.74) is 0. The number of nitrogens with zero attached hydrogens (tertiary/aromatic N) is 2. The van der Waals surface area contributed by atoms with Crippen LogP contribution < -0.4 is 0 Å². The van der Waals surface area contributed by atoms with E-state index in [1.165, 1.54) is 0 Å². The monoisotopic (exact) mass is 218 g/mol. The molecule has 0 bridgehead atoms. The van der Waals surface area contributed by atoms with E-state index in [-0.39, 0.29) is 6.10 Å². The summed E-state index contributed by atoms with van der Waals surface area (Å²) >= 11 is 0. The van der Waals surface area contributed by atoms with Crippen LogP contribution in [0.4, 0.5) is 0 Å². The van der Waals surface area contributed by atoms with E-state index in [9.17, 15) is 5.11 Å². The standard InChI is InChI=1S/C11H26N2O2/c1-5-13(6-2)8-7-12(3)9-11(14)10-15-4/h11,14H,5-10H2,1-4H3. The van der Waals surface area contributed by atoms with Crippen LogP contribution in [-0.2, 0) is 4.74 Å². The molecule has 4 heteroatoms. The lowest BCUT2D eigenvalue weighted by atomic mass is 10.3. The molecule has 0 aromatic heterocycles. The molecule has 0 fully saturated rings. The first-order valence-corrected chi connectivity index (χ1v) is 5.71. The first-order chi connectivity index (χ1) is 7.13. The molecule has 1 N–H and O–H groups in total. The van der Waals surface area contributed by atoms with Crippen LogP contribution in [0.1, 0.15) is 13.8 Å². The predicted octanol–water partition coefficient (Wildman–Crippen LogP) is 0.267. The number of ether oxygens (including phenoxy) is 1. The van der Waals surface area contributed by atoms with Gasteiger partial charge in [0.25, 0.3) is 0 Å². The van der Waals surface area contributed by atoms with E-state index in [4.69, 9.17) is 4.74 Å². The molecule has 0 aliphatic carbocycles. The van der Waals surface area contributed by atoms with Crippen molar-refractivity contribution in [3.05, 3.63) is 0 Å². The van der Waals surface area contributed by atoms with Gasteiger partial charge in [0.2, 0.25) is 0 Å². The summed E-state index contributed by atoms with van der Waals surface area (Å²) in [6, 6.07) is 0. The number of aliphatic hydroxyl groups excluding tert-OH is 1. The van der Waals surface area contributed by atoms with Gasteiger partial charge in [0, 0.05) is 26.7 Å². The Morgan fingerprint density at radius 2 is 1.80 bits per heavy atom. The van der Waals surface area contributed by atoms with Gasteiger partial charge in [-0.25, -0.2) is 0 Å². The van der Waals surface area contributed by atoms with Gasteiger partial charge in [-0.2, -0.15) is 0 Å². The molecule has 15 heavy (non-hydrogen) atoms. The summed E-state index contributed by atoms with van der Waals surface area (Å²) in [7, 11) is 3.64. The molecule has 0 saturated carbocycles. The molecule has 92 valence electrons. The fourth-order valence-electron chi connectivity index (χ4n) is 1.55. The van der Waals surface area contributed by atoms with Gasteiger partial charge in [-0.15, -0.1) is 0 Å². The van der Waals surface area contributed by atoms with Crippen molar-refractivity contribution >= 4 is 0 Å². The van der Waals surface area contributed by atoms with Crippen molar-refractivity contribution in [1.82, 2.24) is 9.80 Å². The molecule has 0 aromatic carbocycles. The van der Waals surface area contributed by atoms with E-state index in [1.807, 2.05) is 7.05 Å². The Balaban J connectivity index is 3.59. The summed E-state index contributed by atoms with van der Waals surface area (Å²) in [6.45, 7) is 9.65. The van der Waals surface area contributed by atoms with E-state index in [0.29, 0.717) is 13.2 Å². The lowest BCUT2D eigenvalue weighted by Gasteiger charge is -2.24. The predicted molar refractivity (Wildman–Crippen MR) is 63.2 cm³/mol. The number of aliphatic hydroxyl groups is 1. The number of methoxy groups -OCH3 is 1. The van der Waals surface area contributed by atoms with Crippen molar-refractivity contribution in [2.24, 2.45) is 0 Å². The van der Waals surface area contributed by atoms with Gasteiger partial charge >= 0.3 is 0 Å². The fraction of sp³-hybridized carbons (Fsp3) is 1.00. The summed E-state index contributed by atoms with van der Waals surface area (Å²) in [6.07, 6.45) is -0.378. The van der Waals surface area contributed by atoms with Gasteiger partial charge in [0.1, 0.15) is 0 Å². The third kappa shape index (κ3) is 7.73. The Kier molecular flexibility index (Phi) is 9.00. The average Bonchev–Trinajstić information content (AvgIpc) is 2.19. The molecule has 1 atom stereocenters. The highest BCUT2D eigenvalue weighted by molar-refractivity contribution is 4.62. The van der Waals surface area contributed by atoms with Gasteiger partial charge in [0.15, 0.2) is 0 Å². The highest BCUT2D eigenvalue weighted by Gasteiger charge is 2.08. The smallest absolute Gasteiger partial charge is 0.0899 e. The molecule has 1 unspecified atom stereocenters. The summed E-state index contributed by atoms with van der Waals surface area (Å²) in [4.78, 5) is 4.52. The highest BCUT2D eigenvalue weighted by Crippen LogP contribution is 1.92. The van der Waals surface area contributed by atoms with Gasteiger partial charge in [-0.3, -0.25) is 0 Å². The van der Waals surface area contributed by atoms with Crippen LogP contribution >= 0.6 is 0 Å². The molecule has 0 aromatic rings. The molecule has 0 rings (SSSR count). The van der Waals surface area contributed by atoms with Crippen LogP contribution in [0, 0.1) is 0 Å². The van der Waals surface area contributed by atoms with Crippen LogP contribution in [0.15, 0.2) is 0 Å². The Morgan fingerprint density at radius 3 is 2.27 bits per heavy atom. The van der Waals surface area contributed by atoms with E-state index in [2.05, 4.69) is 23.6 Å². The maximum absolute atomic E-state index is 9.52. The van der Waals surface area contributed by atoms with Crippen LogP contribution in [0.2, 0.25) is 0 Å². The van der Waals surface area contributed by atoms with Crippen LogP contribution in [-0.4, -0.2) is 74.5 Å². The zero-order valence-corrected chi connectivity index (χ0v) is 10.6. The second kappa shape index (κ2) is 9.09. The normalized spacial score (nSPS) is 13.8. The number of likely N-dealkylation sites (N-methyl/N-ethyl adjacent to an activating group) is 2. The van der Waals surface area contributed by atoms with Crippen molar-refractivity contribution in [3.63, 3.8) is 0 Å². The first kappa shape index (κ1) is 14.8. The molecule has 0 aliphatic heterocycles. The fourth-order valence-corrected chi connectivity index (χ4v) is 1.55. The minimum Gasteiger partial charge on any atom is -0.389 e. The van der Waals surface area contributed by atoms with E-state index < -0.39 is 0 Å². The lowest BCUT2D eigenvalue weighted by molar-refractivity contribution is 0.0416. The number of hydrogen-bond acceptors (Lipinski definition) is 4. The highest BCUT2D eigenvalue weighted by atomic mass is 16.5. The largest absolute Gasteiger partial charge is 0.389 e. The lowest BCUT2D eigenvalue weighted by Crippen LogP contribution is -2.37. The van der Waals surface area contributed by atoms with Gasteiger partial charge in [-0.05, 0) is 20.1 Å². The molecule has 0 amide bonds. The Morgan fingerprint density at radius 1 is 1.20 bits per heavy atom. The van der Waals surface area contributed by atoms with Gasteiger partial charge < -0.3 is 19.6 Å². The summed E-state index contributed by atoms with van der Waals surface area (Å²) in [5.74, 6) is 0. The van der Waals surface area contributed by atoms with Gasteiger partial charge in [0.05, 0.1) is 12.7 Å². The van der Waals surface area contributed by atoms with Crippen LogP contribution in [0.3, 0.4) is 0 Å². The maximum atomic E-state index is 9.52. The minimum absolute atomic E-state index is 0.378. The van der Waals surface area contributed by atoms with Crippen LogP contribution in [0.5, 0.6) is 0 Å². The molecule has 4 nitrogen and oxygen atoms in total. The SMILES string of the molecule is CCN(CC)CCN(C)CC(O)COC. The average molecular weight is 218 g/mol. The van der Waals surface area contributed by atoms with Crippen molar-refractivity contribution in [3.8, 4) is 0 Å². The van der Waals surface area contributed by atoms with Crippen LogP contribution in [0.25, 0.3) is 0 Å². The zero-order chi connectivity index (χ0) is 11.7. The molecular weight excluding hydrogens is 192 g/mol. The van der Waals surface area contributed by atoms with E-state index >= 15 is 0 Å². The third-order valence-electron chi connectivity index (χ3n) is 2.57. The third-order valence-corrected chi connectivity index (χ3v) is 2.57. The Labute approximate surface area is 93.8 Å². The number of rotatable bonds is 9. The molecule has 0 heterocycles. The molecule has 0 spiro atoms. The maximum Gasteiger partial charge on any atom is 0.0899 e. The topological polar surface area (TPSA) is 35.9 Å². The molecular formula is C11H26N2O2. The van der Waals surface area contributed by atoms with E-state index in [0.717, 1.165) is 26.2 Å². The van der Waals surface area contributed by atoms with Crippen molar-refractivity contribution in [1.29, 1.82) is 0 Å². The molecule has 0 saturated heterocycles. The zero-order valence-electron chi connectivity index (χ0n) is 10.6. The van der Waals surface area contributed by atoms with Gasteiger partial charge in [-0.1, -0.05) is 13.8 Å². The minimum atomic E-state index is -0.378. The second-order valence-corrected chi connectivity index (χ2v) is 3.90. The van der Waals surface area contributed by atoms with Crippen molar-refractivity contribution < 1.29 is 9.84 Å².